The van der Waals surface area contributed by atoms with Crippen LogP contribution in [0.4, 0.5) is 5.82 Å². The van der Waals surface area contributed by atoms with Gasteiger partial charge in [-0.3, -0.25) is 9.59 Å². The van der Waals surface area contributed by atoms with Crippen LogP contribution in [-0.2, 0) is 16.1 Å². The molecule has 0 aliphatic carbocycles. The molecule has 1 aliphatic rings. The Morgan fingerprint density at radius 1 is 1.27 bits per heavy atom. The van der Waals surface area contributed by atoms with Gasteiger partial charge in [-0.2, -0.15) is 0 Å². The molecule has 1 fully saturated rings. The van der Waals surface area contributed by atoms with Crippen LogP contribution >= 0.6 is 0 Å². The normalized spacial score (nSPS) is 15.6. The number of primary amides is 1. The summed E-state index contributed by atoms with van der Waals surface area (Å²) in [7, 11) is 0. The van der Waals surface area contributed by atoms with Crippen LogP contribution in [0.25, 0.3) is 0 Å². The molecule has 1 aliphatic heterocycles. The molecular weight excluding hydrogens is 382 g/mol. The lowest BCUT2D eigenvalue weighted by molar-refractivity contribution is -0.122. The Morgan fingerprint density at radius 3 is 2.57 bits per heavy atom. The van der Waals surface area contributed by atoms with Crippen molar-refractivity contribution >= 4 is 23.6 Å². The lowest BCUT2D eigenvalue weighted by Crippen LogP contribution is -2.48. The first kappa shape index (κ1) is 23.4. The van der Waals surface area contributed by atoms with Crippen LogP contribution in [0.5, 0.6) is 0 Å². The number of aromatic nitrogens is 1. The van der Waals surface area contributed by atoms with E-state index in [4.69, 9.17) is 5.73 Å². The van der Waals surface area contributed by atoms with Gasteiger partial charge >= 0.3 is 0 Å². The van der Waals surface area contributed by atoms with E-state index in [9.17, 15) is 9.59 Å². The zero-order valence-electron chi connectivity index (χ0n) is 18.5. The molecule has 9 nitrogen and oxygen atoms in total. The standard InChI is InChI=1S/C21H35N7O2/c1-5-23-20(26-14-17(29)27-21(2,3)4)25-13-16-7-6-10-24-19(16)28-11-8-15(9-12-28)18(22)30/h6-7,10,15H,5,8-9,11-14H2,1-4H3,(H2,22,30)(H,27,29)(H2,23,25,26). The van der Waals surface area contributed by atoms with Crippen molar-refractivity contribution in [2.45, 2.75) is 52.6 Å². The summed E-state index contributed by atoms with van der Waals surface area (Å²) in [4.78, 5) is 34.8. The monoisotopic (exact) mass is 417 g/mol. The highest BCUT2D eigenvalue weighted by atomic mass is 16.2. The number of aliphatic imine (C=N–C) groups is 1. The molecule has 5 N–H and O–H groups in total. The second-order valence-corrected chi connectivity index (χ2v) is 8.50. The molecule has 2 heterocycles. The Hall–Kier alpha value is -2.84. The molecule has 30 heavy (non-hydrogen) atoms. The van der Waals surface area contributed by atoms with Gasteiger partial charge in [-0.25, -0.2) is 9.98 Å². The third-order valence-electron chi connectivity index (χ3n) is 4.75. The van der Waals surface area contributed by atoms with Gasteiger partial charge in [0.2, 0.25) is 11.8 Å². The topological polar surface area (TPSA) is 125 Å². The molecule has 166 valence electrons. The summed E-state index contributed by atoms with van der Waals surface area (Å²) in [5.74, 6) is 1.08. The number of carbonyl (C=O) groups is 2. The van der Waals surface area contributed by atoms with Crippen LogP contribution < -0.4 is 26.6 Å². The third kappa shape index (κ3) is 7.53. The second kappa shape index (κ2) is 10.8. The Bertz CT molecular complexity index is 750. The number of piperidine rings is 1. The van der Waals surface area contributed by atoms with Crippen LogP contribution in [-0.4, -0.2) is 54.5 Å². The molecule has 0 bridgehead atoms. The minimum atomic E-state index is -0.277. The predicted octanol–water partition coefficient (Wildman–Crippen LogP) is 0.753. The number of carbonyl (C=O) groups excluding carboxylic acids is 2. The summed E-state index contributed by atoms with van der Waals surface area (Å²) in [6, 6.07) is 3.89. The smallest absolute Gasteiger partial charge is 0.239 e. The lowest BCUT2D eigenvalue weighted by atomic mass is 9.96. The fraction of sp³-hybridized carbons (Fsp3) is 0.619. The average molecular weight is 418 g/mol. The van der Waals surface area contributed by atoms with Crippen LogP contribution in [0.1, 0.15) is 46.1 Å². The number of nitrogens with two attached hydrogens (primary N) is 1. The highest BCUT2D eigenvalue weighted by Crippen LogP contribution is 2.24. The maximum Gasteiger partial charge on any atom is 0.239 e. The van der Waals surface area contributed by atoms with Crippen molar-refractivity contribution in [1.82, 2.24) is 20.9 Å². The maximum absolute atomic E-state index is 12.1. The van der Waals surface area contributed by atoms with Crippen molar-refractivity contribution in [2.24, 2.45) is 16.6 Å². The fourth-order valence-electron chi connectivity index (χ4n) is 3.35. The van der Waals surface area contributed by atoms with Gasteiger partial charge in [0, 0.05) is 42.9 Å². The minimum absolute atomic E-state index is 0.0600. The molecule has 1 aromatic rings. The van der Waals surface area contributed by atoms with Gasteiger partial charge < -0.3 is 26.6 Å². The van der Waals surface area contributed by atoms with E-state index in [0.29, 0.717) is 19.0 Å². The van der Waals surface area contributed by atoms with Gasteiger partial charge in [-0.1, -0.05) is 6.07 Å². The quantitative estimate of drug-likeness (QED) is 0.383. The number of hydrogen-bond acceptors (Lipinski definition) is 5. The number of amides is 2. The summed E-state index contributed by atoms with van der Waals surface area (Å²) < 4.78 is 0. The highest BCUT2D eigenvalue weighted by Gasteiger charge is 2.25. The minimum Gasteiger partial charge on any atom is -0.369 e. The molecule has 1 saturated heterocycles. The molecule has 0 radical (unpaired) electrons. The highest BCUT2D eigenvalue weighted by molar-refractivity contribution is 5.86. The summed E-state index contributed by atoms with van der Waals surface area (Å²) in [5.41, 5.74) is 6.16. The fourth-order valence-corrected chi connectivity index (χ4v) is 3.35. The number of nitrogens with one attached hydrogen (secondary N) is 3. The van der Waals surface area contributed by atoms with E-state index < -0.39 is 0 Å². The second-order valence-electron chi connectivity index (χ2n) is 8.50. The van der Waals surface area contributed by atoms with E-state index in [1.54, 1.807) is 6.20 Å². The summed E-state index contributed by atoms with van der Waals surface area (Å²) in [6.45, 7) is 10.6. The zero-order valence-corrected chi connectivity index (χ0v) is 18.5. The van der Waals surface area contributed by atoms with E-state index in [1.165, 1.54) is 0 Å². The molecule has 0 saturated carbocycles. The van der Waals surface area contributed by atoms with Crippen LogP contribution in [0.3, 0.4) is 0 Å². The van der Waals surface area contributed by atoms with Gasteiger partial charge in [-0.15, -0.1) is 0 Å². The van der Waals surface area contributed by atoms with Crippen molar-refractivity contribution in [2.75, 3.05) is 31.1 Å². The van der Waals surface area contributed by atoms with E-state index in [1.807, 2.05) is 39.8 Å². The van der Waals surface area contributed by atoms with Crippen LogP contribution in [0.2, 0.25) is 0 Å². The summed E-state index contributed by atoms with van der Waals surface area (Å²) in [5, 5.41) is 9.15. The van der Waals surface area contributed by atoms with E-state index in [0.717, 1.165) is 37.3 Å². The van der Waals surface area contributed by atoms with Crippen LogP contribution in [0, 0.1) is 5.92 Å². The Kier molecular flexibility index (Phi) is 8.44. The molecule has 0 spiro atoms. The Labute approximate surface area is 178 Å². The number of pyridine rings is 1. The zero-order chi connectivity index (χ0) is 22.1. The SMILES string of the molecule is CCNC(=NCc1cccnc1N1CCC(C(N)=O)CC1)NCC(=O)NC(C)(C)C. The molecule has 2 amide bonds. The molecule has 1 aromatic heterocycles. The molecule has 2 rings (SSSR count). The Balaban J connectivity index is 2.02. The Morgan fingerprint density at radius 2 is 1.97 bits per heavy atom. The molecular formula is C21H35N7O2. The van der Waals surface area contributed by atoms with E-state index in [2.05, 4.69) is 30.8 Å². The number of nitrogens with zero attached hydrogens (tertiary/aromatic N) is 3. The number of guanidine groups is 1. The number of hydrogen-bond donors (Lipinski definition) is 4. The van der Waals surface area contributed by atoms with Gasteiger partial charge in [-0.05, 0) is 46.6 Å². The largest absolute Gasteiger partial charge is 0.369 e. The molecule has 0 aromatic carbocycles. The lowest BCUT2D eigenvalue weighted by Gasteiger charge is -2.32. The average Bonchev–Trinajstić information content (AvgIpc) is 2.69. The van der Waals surface area contributed by atoms with Crippen molar-refractivity contribution in [1.29, 1.82) is 0 Å². The summed E-state index contributed by atoms with van der Waals surface area (Å²) in [6.07, 6.45) is 3.24. The van der Waals surface area contributed by atoms with Crippen molar-refractivity contribution in [3.63, 3.8) is 0 Å². The maximum atomic E-state index is 12.1. The van der Waals surface area contributed by atoms with Gasteiger partial charge in [0.1, 0.15) is 5.82 Å². The first-order valence-corrected chi connectivity index (χ1v) is 10.5. The van der Waals surface area contributed by atoms with Gasteiger partial charge in [0.15, 0.2) is 5.96 Å². The first-order chi connectivity index (χ1) is 14.2. The van der Waals surface area contributed by atoms with E-state index >= 15 is 0 Å². The number of rotatable bonds is 7. The predicted molar refractivity (Wildman–Crippen MR) is 119 cm³/mol. The molecule has 9 heteroatoms. The van der Waals surface area contributed by atoms with Gasteiger partial charge in [0.25, 0.3) is 0 Å². The van der Waals surface area contributed by atoms with Gasteiger partial charge in [0.05, 0.1) is 13.1 Å². The van der Waals surface area contributed by atoms with Crippen molar-refractivity contribution in [3.05, 3.63) is 23.9 Å². The van der Waals surface area contributed by atoms with Crippen molar-refractivity contribution < 1.29 is 9.59 Å². The first-order valence-electron chi connectivity index (χ1n) is 10.5. The number of anilines is 1. The summed E-state index contributed by atoms with van der Waals surface area (Å²) >= 11 is 0. The molecule has 0 atom stereocenters. The van der Waals surface area contributed by atoms with Crippen LogP contribution in [0.15, 0.2) is 23.3 Å². The third-order valence-corrected chi connectivity index (χ3v) is 4.75. The van der Waals surface area contributed by atoms with Crippen molar-refractivity contribution in [3.8, 4) is 0 Å². The van der Waals surface area contributed by atoms with E-state index in [-0.39, 0.29) is 29.8 Å². The molecule has 0 unspecified atom stereocenters.